The zero-order valence-electron chi connectivity index (χ0n) is 14.2. The van der Waals surface area contributed by atoms with Gasteiger partial charge >= 0.3 is 0 Å². The predicted octanol–water partition coefficient (Wildman–Crippen LogP) is 4.07. The maximum atomic E-state index is 12.1. The Kier molecular flexibility index (Phi) is 5.50. The number of carbonyl (C=O) groups is 1. The van der Waals surface area contributed by atoms with Crippen molar-refractivity contribution in [1.29, 1.82) is 0 Å². The molecule has 0 atom stereocenters. The van der Waals surface area contributed by atoms with Crippen LogP contribution in [0.2, 0.25) is 0 Å². The second kappa shape index (κ2) is 7.98. The third-order valence-corrected chi connectivity index (χ3v) is 4.72. The van der Waals surface area contributed by atoms with Gasteiger partial charge in [-0.1, -0.05) is 61.2 Å². The highest BCUT2D eigenvalue weighted by Gasteiger charge is 2.09. The number of para-hydroxylation sites is 1. The summed E-state index contributed by atoms with van der Waals surface area (Å²) in [6, 6.07) is 15.9. The normalized spacial score (nSPS) is 10.6. The highest BCUT2D eigenvalue weighted by molar-refractivity contribution is 7.99. The Hall–Kier alpha value is -2.60. The first-order valence-corrected chi connectivity index (χ1v) is 9.14. The minimum Gasteiger partial charge on any atom is -0.325 e. The molecule has 1 amide bonds. The number of H-pyrrole nitrogens is 1. The van der Waals surface area contributed by atoms with E-state index in [1.165, 1.54) is 17.3 Å². The molecular weight excluding hydrogens is 332 g/mol. The molecule has 1 heterocycles. The Morgan fingerprint density at radius 2 is 1.88 bits per heavy atom. The van der Waals surface area contributed by atoms with E-state index in [0.717, 1.165) is 23.2 Å². The number of aromatic amines is 1. The minimum atomic E-state index is -0.0652. The van der Waals surface area contributed by atoms with Crippen molar-refractivity contribution in [3.63, 3.8) is 0 Å². The van der Waals surface area contributed by atoms with Crippen LogP contribution in [0.15, 0.2) is 53.7 Å². The Morgan fingerprint density at radius 3 is 2.60 bits per heavy atom. The van der Waals surface area contributed by atoms with E-state index >= 15 is 0 Å². The number of amides is 1. The zero-order valence-corrected chi connectivity index (χ0v) is 15.1. The van der Waals surface area contributed by atoms with Gasteiger partial charge in [0.15, 0.2) is 11.0 Å². The van der Waals surface area contributed by atoms with Gasteiger partial charge in [-0.3, -0.25) is 4.79 Å². The Morgan fingerprint density at radius 1 is 1.12 bits per heavy atom. The summed E-state index contributed by atoms with van der Waals surface area (Å²) in [7, 11) is 0. The summed E-state index contributed by atoms with van der Waals surface area (Å²) in [6.07, 6.45) is 1.01. The molecule has 2 aromatic carbocycles. The number of thioether (sulfide) groups is 1. The van der Waals surface area contributed by atoms with Crippen LogP contribution in [0.3, 0.4) is 0 Å². The number of aryl methyl sites for hydroxylation is 2. The number of benzene rings is 2. The second-order valence-corrected chi connectivity index (χ2v) is 6.65. The van der Waals surface area contributed by atoms with E-state index in [2.05, 4.69) is 39.6 Å². The summed E-state index contributed by atoms with van der Waals surface area (Å²) >= 11 is 1.34. The summed E-state index contributed by atoms with van der Waals surface area (Å²) < 4.78 is 0. The van der Waals surface area contributed by atoms with E-state index in [1.807, 2.05) is 43.3 Å². The lowest BCUT2D eigenvalue weighted by Crippen LogP contribution is -2.14. The molecule has 0 saturated carbocycles. The Balaban J connectivity index is 1.58. The van der Waals surface area contributed by atoms with Gasteiger partial charge in [-0.05, 0) is 30.5 Å². The molecule has 2 N–H and O–H groups in total. The fourth-order valence-corrected chi connectivity index (χ4v) is 2.98. The quantitative estimate of drug-likeness (QED) is 0.656. The fourth-order valence-electron chi connectivity index (χ4n) is 2.37. The molecule has 0 radical (unpaired) electrons. The molecule has 25 heavy (non-hydrogen) atoms. The standard InChI is InChI=1S/C19H20N4OS/c1-3-14-8-10-15(11-9-14)18-21-19(23-22-18)25-12-17(24)20-16-7-5-4-6-13(16)2/h4-11H,3,12H2,1-2H3,(H,20,24)(H,21,22,23). The van der Waals surface area contributed by atoms with Crippen LogP contribution in [-0.4, -0.2) is 26.8 Å². The van der Waals surface area contributed by atoms with Crippen LogP contribution in [-0.2, 0) is 11.2 Å². The Labute approximate surface area is 151 Å². The molecular formula is C19H20N4OS. The topological polar surface area (TPSA) is 70.7 Å². The second-order valence-electron chi connectivity index (χ2n) is 5.68. The number of aromatic nitrogens is 3. The maximum absolute atomic E-state index is 12.1. The lowest BCUT2D eigenvalue weighted by molar-refractivity contribution is -0.113. The number of nitrogens with one attached hydrogen (secondary N) is 2. The first-order valence-electron chi connectivity index (χ1n) is 8.16. The van der Waals surface area contributed by atoms with Gasteiger partial charge in [0.05, 0.1) is 5.75 Å². The first kappa shape index (κ1) is 17.2. The molecule has 0 aliphatic carbocycles. The van der Waals surface area contributed by atoms with Crippen LogP contribution in [0.25, 0.3) is 11.4 Å². The Bertz CT molecular complexity index is 858. The van der Waals surface area contributed by atoms with Gasteiger partial charge in [0, 0.05) is 11.3 Å². The molecule has 0 aliphatic rings. The van der Waals surface area contributed by atoms with Crippen LogP contribution in [0.4, 0.5) is 5.69 Å². The molecule has 128 valence electrons. The largest absolute Gasteiger partial charge is 0.325 e. The molecule has 6 heteroatoms. The van der Waals surface area contributed by atoms with Crippen molar-refractivity contribution >= 4 is 23.4 Å². The summed E-state index contributed by atoms with van der Waals surface area (Å²) in [5.41, 5.74) is 4.15. The average molecular weight is 352 g/mol. The first-order chi connectivity index (χ1) is 12.2. The van der Waals surface area contributed by atoms with E-state index in [-0.39, 0.29) is 11.7 Å². The van der Waals surface area contributed by atoms with Crippen molar-refractivity contribution in [3.05, 3.63) is 59.7 Å². The van der Waals surface area contributed by atoms with Crippen molar-refractivity contribution in [2.75, 3.05) is 11.1 Å². The van der Waals surface area contributed by atoms with Crippen LogP contribution < -0.4 is 5.32 Å². The number of nitrogens with zero attached hydrogens (tertiary/aromatic N) is 2. The third-order valence-electron chi connectivity index (χ3n) is 3.86. The highest BCUT2D eigenvalue weighted by atomic mass is 32.2. The lowest BCUT2D eigenvalue weighted by Gasteiger charge is -2.06. The van der Waals surface area contributed by atoms with E-state index in [0.29, 0.717) is 11.0 Å². The lowest BCUT2D eigenvalue weighted by atomic mass is 10.1. The average Bonchev–Trinajstić information content (AvgIpc) is 3.11. The van der Waals surface area contributed by atoms with Gasteiger partial charge in [0.25, 0.3) is 0 Å². The van der Waals surface area contributed by atoms with Crippen molar-refractivity contribution in [2.45, 2.75) is 25.4 Å². The molecule has 3 rings (SSSR count). The molecule has 0 fully saturated rings. The van der Waals surface area contributed by atoms with Crippen LogP contribution in [0, 0.1) is 6.92 Å². The van der Waals surface area contributed by atoms with E-state index in [4.69, 9.17) is 0 Å². The zero-order chi connectivity index (χ0) is 17.6. The molecule has 1 aromatic heterocycles. The smallest absolute Gasteiger partial charge is 0.234 e. The van der Waals surface area contributed by atoms with E-state index in [1.54, 1.807) is 0 Å². The van der Waals surface area contributed by atoms with Crippen molar-refractivity contribution in [2.24, 2.45) is 0 Å². The predicted molar refractivity (Wildman–Crippen MR) is 102 cm³/mol. The van der Waals surface area contributed by atoms with Gasteiger partial charge in [-0.25, -0.2) is 0 Å². The van der Waals surface area contributed by atoms with Gasteiger partial charge in [-0.2, -0.15) is 0 Å². The SMILES string of the molecule is CCc1ccc(-c2nnc(SCC(=O)Nc3ccccc3C)[nH]2)cc1. The van der Waals surface area contributed by atoms with Gasteiger partial charge in [0.1, 0.15) is 0 Å². The molecule has 0 saturated heterocycles. The summed E-state index contributed by atoms with van der Waals surface area (Å²) in [6.45, 7) is 4.09. The summed E-state index contributed by atoms with van der Waals surface area (Å²) in [5.74, 6) is 0.923. The van der Waals surface area contributed by atoms with Crippen molar-refractivity contribution in [1.82, 2.24) is 15.2 Å². The van der Waals surface area contributed by atoms with Crippen molar-refractivity contribution in [3.8, 4) is 11.4 Å². The van der Waals surface area contributed by atoms with Crippen LogP contribution in [0.1, 0.15) is 18.1 Å². The van der Waals surface area contributed by atoms with E-state index in [9.17, 15) is 4.79 Å². The maximum Gasteiger partial charge on any atom is 0.234 e. The number of hydrogen-bond donors (Lipinski definition) is 2. The monoisotopic (exact) mass is 352 g/mol. The number of anilines is 1. The third kappa shape index (κ3) is 4.48. The van der Waals surface area contributed by atoms with E-state index < -0.39 is 0 Å². The number of carbonyl (C=O) groups excluding carboxylic acids is 1. The molecule has 0 spiro atoms. The minimum absolute atomic E-state index is 0.0652. The fraction of sp³-hybridized carbons (Fsp3) is 0.211. The summed E-state index contributed by atoms with van der Waals surface area (Å²) in [5, 5.41) is 11.8. The van der Waals surface area contributed by atoms with Gasteiger partial charge < -0.3 is 10.3 Å². The number of hydrogen-bond acceptors (Lipinski definition) is 4. The molecule has 0 aliphatic heterocycles. The molecule has 0 unspecified atom stereocenters. The van der Waals surface area contributed by atoms with Gasteiger partial charge in [-0.15, -0.1) is 10.2 Å². The summed E-state index contributed by atoms with van der Waals surface area (Å²) in [4.78, 5) is 15.2. The van der Waals surface area contributed by atoms with Gasteiger partial charge in [0.2, 0.25) is 5.91 Å². The highest BCUT2D eigenvalue weighted by Crippen LogP contribution is 2.20. The number of rotatable bonds is 6. The van der Waals surface area contributed by atoms with Crippen LogP contribution in [0.5, 0.6) is 0 Å². The molecule has 3 aromatic rings. The molecule has 5 nitrogen and oxygen atoms in total. The van der Waals surface area contributed by atoms with Crippen molar-refractivity contribution < 1.29 is 4.79 Å². The molecule has 0 bridgehead atoms. The van der Waals surface area contributed by atoms with Crippen LogP contribution >= 0.6 is 11.8 Å².